The van der Waals surface area contributed by atoms with Crippen molar-refractivity contribution in [2.45, 2.75) is 25.4 Å². The molecule has 24 heavy (non-hydrogen) atoms. The molecule has 1 unspecified atom stereocenters. The van der Waals surface area contributed by atoms with Crippen molar-refractivity contribution in [1.82, 2.24) is 10.6 Å². The number of aliphatic imine (C=N–C) groups is 1. The molecule has 2 N–H and O–H groups in total. The van der Waals surface area contributed by atoms with Gasteiger partial charge in [-0.1, -0.05) is 18.2 Å². The summed E-state index contributed by atoms with van der Waals surface area (Å²) in [5.41, 5.74) is 0.711. The number of rotatable bonds is 8. The lowest BCUT2D eigenvalue weighted by Crippen LogP contribution is -2.39. The van der Waals surface area contributed by atoms with Gasteiger partial charge in [0.1, 0.15) is 5.82 Å². The monoisotopic (exact) mass is 451 g/mol. The molecule has 0 radical (unpaired) electrons. The third-order valence-electron chi connectivity index (χ3n) is 3.72. The second-order valence-corrected chi connectivity index (χ2v) is 5.48. The zero-order valence-corrected chi connectivity index (χ0v) is 16.4. The molecule has 1 aliphatic rings. The van der Waals surface area contributed by atoms with Crippen molar-refractivity contribution in [1.29, 1.82) is 0 Å². The van der Waals surface area contributed by atoms with Gasteiger partial charge in [-0.3, -0.25) is 4.99 Å². The number of guanidine groups is 1. The maximum atomic E-state index is 13.5. The summed E-state index contributed by atoms with van der Waals surface area (Å²) in [5, 5.41) is 6.42. The van der Waals surface area contributed by atoms with Crippen molar-refractivity contribution in [3.63, 3.8) is 0 Å². The van der Waals surface area contributed by atoms with Gasteiger partial charge in [-0.05, 0) is 30.9 Å². The number of hydrogen-bond acceptors (Lipinski definition) is 3. The van der Waals surface area contributed by atoms with E-state index < -0.39 is 0 Å². The van der Waals surface area contributed by atoms with Gasteiger partial charge in [-0.25, -0.2) is 4.39 Å². The molecule has 0 aliphatic carbocycles. The maximum Gasteiger partial charge on any atom is 0.190 e. The Morgan fingerprint density at radius 1 is 1.33 bits per heavy atom. The van der Waals surface area contributed by atoms with Gasteiger partial charge in [0, 0.05) is 33.4 Å². The van der Waals surface area contributed by atoms with E-state index in [9.17, 15) is 4.39 Å². The summed E-state index contributed by atoms with van der Waals surface area (Å²) in [6.45, 7) is 3.66. The molecule has 1 aromatic rings. The number of nitrogens with zero attached hydrogens (tertiary/aromatic N) is 1. The minimum Gasteiger partial charge on any atom is -0.379 e. The lowest BCUT2D eigenvalue weighted by molar-refractivity contribution is 0.0420. The van der Waals surface area contributed by atoms with Gasteiger partial charge in [0.25, 0.3) is 0 Å². The van der Waals surface area contributed by atoms with E-state index in [1.165, 1.54) is 6.07 Å². The highest BCUT2D eigenvalue weighted by atomic mass is 127. The van der Waals surface area contributed by atoms with Crippen LogP contribution in [0.2, 0.25) is 0 Å². The quantitative estimate of drug-likeness (QED) is 0.276. The van der Waals surface area contributed by atoms with Gasteiger partial charge in [-0.2, -0.15) is 0 Å². The molecule has 0 amide bonds. The average molecular weight is 451 g/mol. The zero-order chi connectivity index (χ0) is 16.3. The highest BCUT2D eigenvalue weighted by Gasteiger charge is 2.15. The third kappa shape index (κ3) is 7.76. The molecule has 1 heterocycles. The summed E-state index contributed by atoms with van der Waals surface area (Å²) < 4.78 is 24.5. The first-order chi connectivity index (χ1) is 11.3. The lowest BCUT2D eigenvalue weighted by atomic mass is 10.1. The molecule has 2 rings (SSSR count). The Bertz CT molecular complexity index is 496. The average Bonchev–Trinajstić information content (AvgIpc) is 3.08. The number of nitrogens with one attached hydrogen (secondary N) is 2. The van der Waals surface area contributed by atoms with Gasteiger partial charge in [-0.15, -0.1) is 24.0 Å². The van der Waals surface area contributed by atoms with Crippen LogP contribution in [0.1, 0.15) is 18.4 Å². The molecule has 1 atom stereocenters. The Hall–Kier alpha value is -0.930. The molecule has 0 saturated carbocycles. The molecule has 0 spiro atoms. The standard InChI is InChI=1S/C17H26FN3O2.HI/c1-19-17(20-9-4-11-23-15-8-12-22-13-15)21-10-7-14-5-2-3-6-16(14)18;/h2-3,5-6,15H,4,7-13H2,1H3,(H2,19,20,21);1H. The summed E-state index contributed by atoms with van der Waals surface area (Å²) in [6.07, 6.45) is 2.78. The van der Waals surface area contributed by atoms with E-state index in [4.69, 9.17) is 9.47 Å². The van der Waals surface area contributed by atoms with Crippen molar-refractivity contribution in [2.75, 3.05) is 40.0 Å². The van der Waals surface area contributed by atoms with Crippen molar-refractivity contribution < 1.29 is 13.9 Å². The molecule has 0 bridgehead atoms. The summed E-state index contributed by atoms with van der Waals surface area (Å²) >= 11 is 0. The highest BCUT2D eigenvalue weighted by Crippen LogP contribution is 2.08. The van der Waals surface area contributed by atoms with Crippen LogP contribution in [0.3, 0.4) is 0 Å². The predicted molar refractivity (Wildman–Crippen MR) is 105 cm³/mol. The maximum absolute atomic E-state index is 13.5. The number of benzene rings is 1. The van der Waals surface area contributed by atoms with Crippen LogP contribution in [-0.4, -0.2) is 52.0 Å². The minimum absolute atomic E-state index is 0. The first kappa shape index (κ1) is 21.1. The Balaban J connectivity index is 0.00000288. The van der Waals surface area contributed by atoms with E-state index in [1.54, 1.807) is 19.2 Å². The first-order valence-electron chi connectivity index (χ1n) is 8.17. The summed E-state index contributed by atoms with van der Waals surface area (Å²) in [6, 6.07) is 6.84. The van der Waals surface area contributed by atoms with Crippen LogP contribution in [0.15, 0.2) is 29.3 Å². The van der Waals surface area contributed by atoms with Gasteiger partial charge in [0.2, 0.25) is 0 Å². The van der Waals surface area contributed by atoms with Crippen molar-refractivity contribution in [3.05, 3.63) is 35.6 Å². The van der Waals surface area contributed by atoms with Gasteiger partial charge < -0.3 is 20.1 Å². The first-order valence-corrected chi connectivity index (χ1v) is 8.17. The van der Waals surface area contributed by atoms with E-state index in [0.29, 0.717) is 31.7 Å². The van der Waals surface area contributed by atoms with E-state index in [2.05, 4.69) is 15.6 Å². The lowest BCUT2D eigenvalue weighted by Gasteiger charge is -2.13. The topological polar surface area (TPSA) is 54.9 Å². The molecule has 0 aromatic heterocycles. The van der Waals surface area contributed by atoms with Crippen LogP contribution in [0.5, 0.6) is 0 Å². The zero-order valence-electron chi connectivity index (χ0n) is 14.1. The second kappa shape index (κ2) is 12.4. The Labute approximate surface area is 160 Å². The van der Waals surface area contributed by atoms with E-state index in [0.717, 1.165) is 32.0 Å². The van der Waals surface area contributed by atoms with Crippen LogP contribution in [0.25, 0.3) is 0 Å². The highest BCUT2D eigenvalue weighted by molar-refractivity contribution is 14.0. The normalized spacial score (nSPS) is 17.4. The Morgan fingerprint density at radius 2 is 2.12 bits per heavy atom. The third-order valence-corrected chi connectivity index (χ3v) is 3.72. The fourth-order valence-corrected chi connectivity index (χ4v) is 2.41. The van der Waals surface area contributed by atoms with Crippen LogP contribution < -0.4 is 10.6 Å². The molecule has 1 saturated heterocycles. The van der Waals surface area contributed by atoms with Crippen molar-refractivity contribution in [3.8, 4) is 0 Å². The van der Waals surface area contributed by atoms with Gasteiger partial charge in [0.05, 0.1) is 12.7 Å². The van der Waals surface area contributed by atoms with E-state index in [-0.39, 0.29) is 35.9 Å². The Morgan fingerprint density at radius 3 is 2.83 bits per heavy atom. The number of ether oxygens (including phenoxy) is 2. The second-order valence-electron chi connectivity index (χ2n) is 5.48. The van der Waals surface area contributed by atoms with Crippen LogP contribution in [0, 0.1) is 5.82 Å². The molecule has 136 valence electrons. The molecule has 1 aliphatic heterocycles. The molecular weight excluding hydrogens is 424 g/mol. The molecule has 7 heteroatoms. The fourth-order valence-electron chi connectivity index (χ4n) is 2.41. The fraction of sp³-hybridized carbons (Fsp3) is 0.588. The minimum atomic E-state index is -0.162. The molecule has 1 fully saturated rings. The van der Waals surface area contributed by atoms with Crippen LogP contribution in [0.4, 0.5) is 4.39 Å². The summed E-state index contributed by atoms with van der Waals surface area (Å²) in [4.78, 5) is 4.16. The molecule has 1 aromatic carbocycles. The largest absolute Gasteiger partial charge is 0.379 e. The molecular formula is C17H27FIN3O2. The van der Waals surface area contributed by atoms with Gasteiger partial charge in [0.15, 0.2) is 5.96 Å². The number of halogens is 2. The van der Waals surface area contributed by atoms with E-state index >= 15 is 0 Å². The predicted octanol–water partition coefficient (Wildman–Crippen LogP) is 2.35. The summed E-state index contributed by atoms with van der Waals surface area (Å²) in [7, 11) is 1.73. The Kier molecular flexibility index (Phi) is 10.9. The smallest absolute Gasteiger partial charge is 0.190 e. The molecule has 5 nitrogen and oxygen atoms in total. The summed E-state index contributed by atoms with van der Waals surface area (Å²) in [5.74, 6) is 0.566. The SMILES string of the molecule is CN=C(NCCCOC1CCOC1)NCCc1ccccc1F.I. The van der Waals surface area contributed by atoms with E-state index in [1.807, 2.05) is 6.07 Å². The van der Waals surface area contributed by atoms with Crippen LogP contribution >= 0.6 is 24.0 Å². The number of hydrogen-bond donors (Lipinski definition) is 2. The van der Waals surface area contributed by atoms with Gasteiger partial charge >= 0.3 is 0 Å². The van der Waals surface area contributed by atoms with Crippen LogP contribution in [-0.2, 0) is 15.9 Å². The van der Waals surface area contributed by atoms with Crippen molar-refractivity contribution in [2.24, 2.45) is 4.99 Å². The van der Waals surface area contributed by atoms with Crippen molar-refractivity contribution >= 4 is 29.9 Å².